The molecule has 1 N–H and O–H groups in total. The first-order chi connectivity index (χ1) is 11.5. The summed E-state index contributed by atoms with van der Waals surface area (Å²) in [7, 11) is 0. The highest BCUT2D eigenvalue weighted by Gasteiger charge is 2.55. The lowest BCUT2D eigenvalue weighted by Gasteiger charge is -2.25. The van der Waals surface area contributed by atoms with Crippen molar-refractivity contribution < 1.29 is 19.2 Å². The summed E-state index contributed by atoms with van der Waals surface area (Å²) in [6.45, 7) is 0.336. The Morgan fingerprint density at radius 3 is 2.29 bits per heavy atom. The number of quaternary nitrogens is 1. The molecule has 6 heteroatoms. The molecule has 0 saturated carbocycles. The molecule has 0 aromatic heterocycles. The van der Waals surface area contributed by atoms with Crippen molar-refractivity contribution in [3.05, 3.63) is 69.7 Å². The van der Waals surface area contributed by atoms with Crippen LogP contribution < -0.4 is 0 Å². The van der Waals surface area contributed by atoms with E-state index in [1.54, 1.807) is 18.2 Å². The molecule has 0 spiro atoms. The average molecular weight is 365 g/mol. The number of nitrogens with zero attached hydrogens (tertiary/aromatic N) is 1. The molecule has 1 saturated heterocycles. The topological polar surface area (TPSA) is 54.4 Å². The fraction of sp³-hybridized carbons (Fsp3) is 0.222. The van der Waals surface area contributed by atoms with Crippen LogP contribution in [-0.2, 0) is 11.3 Å². The SMILES string of the molecule is O=C(O)[N+]1(Cc2ccccc2)CCC(c2c(Cl)cccc2Cl)C1=O. The van der Waals surface area contributed by atoms with Gasteiger partial charge >= 0.3 is 12.0 Å². The number of amides is 2. The van der Waals surface area contributed by atoms with E-state index in [9.17, 15) is 14.7 Å². The van der Waals surface area contributed by atoms with Crippen LogP contribution in [-0.4, -0.2) is 28.1 Å². The lowest BCUT2D eigenvalue weighted by Crippen LogP contribution is -2.53. The van der Waals surface area contributed by atoms with Crippen LogP contribution in [0, 0.1) is 0 Å². The lowest BCUT2D eigenvalue weighted by atomic mass is 9.97. The zero-order chi connectivity index (χ0) is 17.3. The third kappa shape index (κ3) is 2.81. The summed E-state index contributed by atoms with van der Waals surface area (Å²) in [5.74, 6) is -0.979. The van der Waals surface area contributed by atoms with Gasteiger partial charge in [0.15, 0.2) is 0 Å². The Labute approximate surface area is 149 Å². The van der Waals surface area contributed by atoms with E-state index in [-0.39, 0.29) is 19.0 Å². The predicted octanol–water partition coefficient (Wildman–Crippen LogP) is 4.70. The van der Waals surface area contributed by atoms with E-state index in [1.165, 1.54) is 0 Å². The van der Waals surface area contributed by atoms with Crippen LogP contribution in [0.2, 0.25) is 10.0 Å². The van der Waals surface area contributed by atoms with Crippen LogP contribution in [0.3, 0.4) is 0 Å². The highest BCUT2D eigenvalue weighted by Crippen LogP contribution is 2.41. The molecule has 0 bridgehead atoms. The monoisotopic (exact) mass is 364 g/mol. The van der Waals surface area contributed by atoms with E-state index >= 15 is 0 Å². The van der Waals surface area contributed by atoms with Crippen LogP contribution in [0.25, 0.3) is 0 Å². The average Bonchev–Trinajstić information content (AvgIpc) is 2.87. The molecular formula is C18H16Cl2NO3+. The zero-order valence-corrected chi connectivity index (χ0v) is 14.3. The third-order valence-electron chi connectivity index (χ3n) is 4.53. The van der Waals surface area contributed by atoms with Crippen molar-refractivity contribution in [2.24, 2.45) is 0 Å². The van der Waals surface area contributed by atoms with E-state index in [0.29, 0.717) is 22.0 Å². The maximum atomic E-state index is 13.1. The molecule has 0 aliphatic carbocycles. The van der Waals surface area contributed by atoms with E-state index in [1.807, 2.05) is 30.3 Å². The Balaban J connectivity index is 1.99. The van der Waals surface area contributed by atoms with Crippen molar-refractivity contribution in [2.45, 2.75) is 18.9 Å². The normalized spacial score (nSPS) is 23.4. The van der Waals surface area contributed by atoms with Crippen LogP contribution >= 0.6 is 23.2 Å². The van der Waals surface area contributed by atoms with E-state index in [4.69, 9.17) is 23.2 Å². The summed E-state index contributed by atoms with van der Waals surface area (Å²) in [4.78, 5) is 25.0. The van der Waals surface area contributed by atoms with Crippen LogP contribution in [0.5, 0.6) is 0 Å². The fourth-order valence-corrected chi connectivity index (χ4v) is 3.96. The van der Waals surface area contributed by atoms with Gasteiger partial charge in [0, 0.05) is 27.6 Å². The number of rotatable bonds is 3. The molecular weight excluding hydrogens is 349 g/mol. The molecule has 1 aliphatic heterocycles. The van der Waals surface area contributed by atoms with Crippen molar-refractivity contribution in [3.8, 4) is 0 Å². The number of carbonyl (C=O) groups excluding carboxylic acids is 1. The van der Waals surface area contributed by atoms with Gasteiger partial charge in [-0.1, -0.05) is 59.6 Å². The number of carbonyl (C=O) groups is 2. The maximum absolute atomic E-state index is 13.1. The second-order valence-electron chi connectivity index (χ2n) is 5.93. The Morgan fingerprint density at radius 2 is 1.71 bits per heavy atom. The van der Waals surface area contributed by atoms with Crippen molar-refractivity contribution in [2.75, 3.05) is 6.54 Å². The molecule has 2 aromatic rings. The number of carboxylic acid groups (broad SMARTS) is 1. The highest BCUT2D eigenvalue weighted by atomic mass is 35.5. The Hall–Kier alpha value is -1.88. The first-order valence-corrected chi connectivity index (χ1v) is 8.34. The second kappa shape index (κ2) is 6.55. The van der Waals surface area contributed by atoms with Crippen molar-refractivity contribution in [3.63, 3.8) is 0 Å². The molecule has 0 radical (unpaired) electrons. The quantitative estimate of drug-likeness (QED) is 0.802. The summed E-state index contributed by atoms with van der Waals surface area (Å²) in [6.07, 6.45) is -0.740. The van der Waals surface area contributed by atoms with Crippen molar-refractivity contribution in [1.82, 2.24) is 0 Å². The minimum Gasteiger partial charge on any atom is -0.435 e. The van der Waals surface area contributed by atoms with Gasteiger partial charge in [0.1, 0.15) is 12.5 Å². The highest BCUT2D eigenvalue weighted by molar-refractivity contribution is 6.36. The van der Waals surface area contributed by atoms with Gasteiger partial charge in [0.05, 0.1) is 6.54 Å². The molecule has 1 aliphatic rings. The molecule has 2 amide bonds. The number of hydrogen-bond donors (Lipinski definition) is 1. The van der Waals surface area contributed by atoms with Crippen LogP contribution in [0.1, 0.15) is 23.5 Å². The molecule has 24 heavy (non-hydrogen) atoms. The minimum atomic E-state index is -1.14. The van der Waals surface area contributed by atoms with Crippen molar-refractivity contribution in [1.29, 1.82) is 0 Å². The van der Waals surface area contributed by atoms with Gasteiger partial charge in [-0.15, -0.1) is 0 Å². The smallest absolute Gasteiger partial charge is 0.435 e. The van der Waals surface area contributed by atoms with Gasteiger partial charge in [-0.05, 0) is 12.1 Å². The van der Waals surface area contributed by atoms with Gasteiger partial charge in [-0.25, -0.2) is 4.79 Å². The van der Waals surface area contributed by atoms with Gasteiger partial charge in [-0.3, -0.25) is 0 Å². The molecule has 1 heterocycles. The minimum absolute atomic E-state index is 0.119. The molecule has 3 rings (SSSR count). The lowest BCUT2D eigenvalue weighted by molar-refractivity contribution is -0.787. The maximum Gasteiger partial charge on any atom is 0.521 e. The van der Waals surface area contributed by atoms with Gasteiger partial charge < -0.3 is 5.11 Å². The molecule has 2 atom stereocenters. The molecule has 2 unspecified atom stereocenters. The zero-order valence-electron chi connectivity index (χ0n) is 12.8. The summed E-state index contributed by atoms with van der Waals surface area (Å²) in [6, 6.07) is 14.2. The fourth-order valence-electron chi connectivity index (χ4n) is 3.30. The standard InChI is InChI=1S/C18H15Cl2NO3/c19-14-7-4-8-15(20)16(14)13-9-10-21(17(13)22,18(23)24)11-12-5-2-1-3-6-12/h1-8,13H,9-11H2/p+1. The summed E-state index contributed by atoms with van der Waals surface area (Å²) < 4.78 is -0.629. The Bertz CT molecular complexity index is 774. The predicted molar refractivity (Wildman–Crippen MR) is 92.1 cm³/mol. The van der Waals surface area contributed by atoms with E-state index in [0.717, 1.165) is 5.56 Å². The summed E-state index contributed by atoms with van der Waals surface area (Å²) >= 11 is 12.4. The Kier molecular flexibility index (Phi) is 4.63. The first kappa shape index (κ1) is 17.0. The van der Waals surface area contributed by atoms with Gasteiger partial charge in [0.2, 0.25) is 0 Å². The number of benzene rings is 2. The second-order valence-corrected chi connectivity index (χ2v) is 6.75. The third-order valence-corrected chi connectivity index (χ3v) is 5.19. The molecule has 4 nitrogen and oxygen atoms in total. The van der Waals surface area contributed by atoms with E-state index < -0.39 is 16.5 Å². The molecule has 124 valence electrons. The van der Waals surface area contributed by atoms with Crippen LogP contribution in [0.15, 0.2) is 48.5 Å². The number of halogens is 2. The van der Waals surface area contributed by atoms with Gasteiger partial charge in [-0.2, -0.15) is 9.28 Å². The molecule has 1 fully saturated rings. The summed E-state index contributed by atoms with van der Waals surface area (Å²) in [5, 5.41) is 10.6. The Morgan fingerprint density at radius 1 is 1.08 bits per heavy atom. The van der Waals surface area contributed by atoms with E-state index in [2.05, 4.69) is 0 Å². The van der Waals surface area contributed by atoms with Crippen molar-refractivity contribution >= 4 is 35.2 Å². The largest absolute Gasteiger partial charge is 0.521 e. The number of imide groups is 1. The number of hydrogen-bond acceptors (Lipinski definition) is 2. The summed E-state index contributed by atoms with van der Waals surface area (Å²) in [5.41, 5.74) is 1.33. The number of likely N-dealkylation sites (tertiary alicyclic amines) is 1. The first-order valence-electron chi connectivity index (χ1n) is 7.58. The van der Waals surface area contributed by atoms with Gasteiger partial charge in [0.25, 0.3) is 0 Å². The molecule has 2 aromatic carbocycles. The van der Waals surface area contributed by atoms with Crippen LogP contribution in [0.4, 0.5) is 4.79 Å².